The maximum atomic E-state index is 13.5. The normalized spacial score (nSPS) is 14.7. The lowest BCUT2D eigenvalue weighted by Crippen LogP contribution is -2.59. The highest BCUT2D eigenvalue weighted by Gasteiger charge is 2.77. The van der Waals surface area contributed by atoms with Gasteiger partial charge in [0.05, 0.1) is 27.7 Å². The Morgan fingerprint density at radius 1 is 0.556 bits per heavy atom. The molecule has 0 spiro atoms. The summed E-state index contributed by atoms with van der Waals surface area (Å²) in [6, 6.07) is 0. The minimum atomic E-state index is -6.02. The number of nitrogens with zero attached hydrogens (tertiary/aromatic N) is 4. The van der Waals surface area contributed by atoms with Gasteiger partial charge in [-0.05, 0) is 27.1 Å². The summed E-state index contributed by atoms with van der Waals surface area (Å²) in [4.78, 5) is 1.62. The molecule has 0 aromatic heterocycles. The smallest absolute Gasteiger partial charge is 0.331 e. The molecular formula is C21H41F12N4O6S2+. The first-order chi connectivity index (χ1) is 19.5. The third-order valence-corrected chi connectivity index (χ3v) is 9.50. The summed E-state index contributed by atoms with van der Waals surface area (Å²) < 4.78 is 203. The molecule has 45 heavy (non-hydrogen) atoms. The number of hydrogen-bond acceptors (Lipinski definition) is 7. The van der Waals surface area contributed by atoms with E-state index >= 15 is 0 Å². The van der Waals surface area contributed by atoms with E-state index in [0.717, 1.165) is 0 Å². The lowest BCUT2D eigenvalue weighted by atomic mass is 10.2. The van der Waals surface area contributed by atoms with E-state index < -0.39 is 81.2 Å². The van der Waals surface area contributed by atoms with Gasteiger partial charge in [-0.15, -0.1) is 0 Å². The van der Waals surface area contributed by atoms with Gasteiger partial charge in [0, 0.05) is 47.5 Å². The van der Waals surface area contributed by atoms with Gasteiger partial charge in [0.15, 0.2) is 0 Å². The molecular weight excluding hydrogens is 696 g/mol. The molecule has 0 heterocycles. The molecule has 0 atom stereocenters. The fourth-order valence-corrected chi connectivity index (χ4v) is 5.37. The molecule has 0 unspecified atom stereocenters. The van der Waals surface area contributed by atoms with Gasteiger partial charge in [0.25, 0.3) is 20.0 Å². The van der Waals surface area contributed by atoms with E-state index in [2.05, 4.69) is 0 Å². The molecule has 0 aliphatic carbocycles. The van der Waals surface area contributed by atoms with Crippen LogP contribution in [0.5, 0.6) is 0 Å². The Hall–Kier alpha value is -1.18. The Kier molecular flexibility index (Phi) is 17.4. The standard InChI is InChI=1S/C11H21F6N2O2S.C10H18F6N2O2S.H2O2/c1-9(12,13)10(14,15)11(16,17)22(20,21)18(2)7-6-8-19(3,4)5;1-8(11,12)9(13,14)10(15,16)21(19,20)18(4)7-5-6-17(2)3;1-2/h6-8H2,1-5H3;5-7H2,1-4H3;1-2H/q+1;;. The van der Waals surface area contributed by atoms with Gasteiger partial charge < -0.3 is 9.38 Å². The summed E-state index contributed by atoms with van der Waals surface area (Å²) >= 11 is 0. The van der Waals surface area contributed by atoms with Crippen molar-refractivity contribution in [3.8, 4) is 0 Å². The summed E-state index contributed by atoms with van der Waals surface area (Å²) in [6.45, 7) is -1.20. The molecule has 24 heteroatoms. The van der Waals surface area contributed by atoms with Crippen LogP contribution in [0.2, 0.25) is 0 Å². The van der Waals surface area contributed by atoms with Gasteiger partial charge in [-0.2, -0.15) is 61.3 Å². The van der Waals surface area contributed by atoms with Crippen molar-refractivity contribution < 1.29 is 84.5 Å². The molecule has 0 amide bonds. The number of sulfonamides is 2. The van der Waals surface area contributed by atoms with Gasteiger partial charge >= 0.3 is 34.2 Å². The first kappa shape index (κ1) is 48.2. The van der Waals surface area contributed by atoms with Crippen molar-refractivity contribution in [1.82, 2.24) is 13.5 Å². The van der Waals surface area contributed by atoms with E-state index in [1.54, 1.807) is 40.1 Å². The largest absolute Gasteiger partial charge is 0.427 e. The fraction of sp³-hybridized carbons (Fsp3) is 1.00. The van der Waals surface area contributed by atoms with Crippen molar-refractivity contribution >= 4 is 20.0 Å². The Labute approximate surface area is 254 Å². The minimum absolute atomic E-state index is 0.0116. The van der Waals surface area contributed by atoms with Crippen molar-refractivity contribution in [2.45, 2.75) is 60.9 Å². The number of halogens is 12. The van der Waals surface area contributed by atoms with E-state index in [4.69, 9.17) is 10.5 Å². The summed E-state index contributed by atoms with van der Waals surface area (Å²) in [7, 11) is -2.02. The number of hydrogen-bond donors (Lipinski definition) is 2. The van der Waals surface area contributed by atoms with Gasteiger partial charge in [-0.3, -0.25) is 10.5 Å². The van der Waals surface area contributed by atoms with E-state index in [1.165, 1.54) is 0 Å². The zero-order valence-electron chi connectivity index (χ0n) is 25.9. The second kappa shape index (κ2) is 16.3. The maximum Gasteiger partial charge on any atom is 0.427 e. The Morgan fingerprint density at radius 2 is 0.822 bits per heavy atom. The lowest BCUT2D eigenvalue weighted by Gasteiger charge is -2.33. The van der Waals surface area contributed by atoms with E-state index in [0.29, 0.717) is 31.7 Å². The van der Waals surface area contributed by atoms with Crippen molar-refractivity contribution in [2.24, 2.45) is 0 Å². The van der Waals surface area contributed by atoms with Crippen LogP contribution in [0.3, 0.4) is 0 Å². The molecule has 0 aliphatic rings. The quantitative estimate of drug-likeness (QED) is 0.105. The van der Waals surface area contributed by atoms with Gasteiger partial charge in [-0.25, -0.2) is 16.8 Å². The van der Waals surface area contributed by atoms with Crippen LogP contribution in [0.4, 0.5) is 52.7 Å². The third-order valence-electron chi connectivity index (χ3n) is 5.68. The minimum Gasteiger partial charge on any atom is -0.331 e. The van der Waals surface area contributed by atoms with Gasteiger partial charge in [-0.1, -0.05) is 0 Å². The molecule has 10 nitrogen and oxygen atoms in total. The van der Waals surface area contributed by atoms with Crippen LogP contribution >= 0.6 is 0 Å². The Bertz CT molecular complexity index is 1110. The van der Waals surface area contributed by atoms with E-state index in [-0.39, 0.29) is 21.5 Å². The molecule has 0 saturated carbocycles. The summed E-state index contributed by atoms with van der Waals surface area (Å²) in [5, 5.41) is 0.175. The van der Waals surface area contributed by atoms with Gasteiger partial charge in [0.1, 0.15) is 0 Å². The highest BCUT2D eigenvalue weighted by Crippen LogP contribution is 2.50. The van der Waals surface area contributed by atoms with Crippen molar-refractivity contribution in [1.29, 1.82) is 0 Å². The van der Waals surface area contributed by atoms with Crippen LogP contribution in [0.15, 0.2) is 0 Å². The zero-order chi connectivity index (χ0) is 37.5. The molecule has 2 N–H and O–H groups in total. The fourth-order valence-electron chi connectivity index (χ4n) is 2.84. The average Bonchev–Trinajstić information content (AvgIpc) is 2.82. The third kappa shape index (κ3) is 11.8. The SMILES string of the molecule is CN(C)CCCN(C)S(=O)(=O)C(F)(F)C(F)(F)C(C)(F)F.CN(CCC[N+](C)(C)C)S(=O)(=O)C(F)(F)C(F)(F)C(C)(F)F.OO. The number of quaternary nitrogens is 1. The molecule has 0 aliphatic heterocycles. The van der Waals surface area contributed by atoms with Crippen LogP contribution in [0.25, 0.3) is 0 Å². The van der Waals surface area contributed by atoms with Crippen LogP contribution in [0, 0.1) is 0 Å². The first-order valence-electron chi connectivity index (χ1n) is 12.3. The topological polar surface area (TPSA) is 118 Å². The van der Waals surface area contributed by atoms with Crippen molar-refractivity contribution in [3.63, 3.8) is 0 Å². The maximum absolute atomic E-state index is 13.5. The molecule has 0 saturated heterocycles. The second-order valence-electron chi connectivity index (χ2n) is 11.1. The second-order valence-corrected chi connectivity index (χ2v) is 15.3. The molecule has 0 fully saturated rings. The highest BCUT2D eigenvalue weighted by molar-refractivity contribution is 7.90. The Balaban J connectivity index is -0.000000743. The molecule has 0 radical (unpaired) electrons. The van der Waals surface area contributed by atoms with E-state index in [1.807, 2.05) is 0 Å². The lowest BCUT2D eigenvalue weighted by molar-refractivity contribution is -0.870. The summed E-state index contributed by atoms with van der Waals surface area (Å²) in [5.74, 6) is -22.4. The first-order valence-corrected chi connectivity index (χ1v) is 15.2. The molecule has 0 aromatic carbocycles. The molecule has 0 bridgehead atoms. The van der Waals surface area contributed by atoms with Crippen molar-refractivity contribution in [2.75, 3.05) is 75.5 Å². The van der Waals surface area contributed by atoms with Crippen LogP contribution in [-0.2, 0) is 20.0 Å². The van der Waals surface area contributed by atoms with Crippen molar-refractivity contribution in [3.05, 3.63) is 0 Å². The highest BCUT2D eigenvalue weighted by atomic mass is 32.2. The molecule has 0 aromatic rings. The van der Waals surface area contributed by atoms with Crippen LogP contribution < -0.4 is 0 Å². The number of alkyl halides is 12. The van der Waals surface area contributed by atoms with Gasteiger partial charge in [0.2, 0.25) is 0 Å². The summed E-state index contributed by atoms with van der Waals surface area (Å²) in [5.41, 5.74) is 0. The average molecular weight is 738 g/mol. The van der Waals surface area contributed by atoms with Crippen LogP contribution in [-0.4, -0.2) is 155 Å². The monoisotopic (exact) mass is 737 g/mol. The zero-order valence-corrected chi connectivity index (χ0v) is 27.5. The number of rotatable bonds is 16. The molecule has 276 valence electrons. The molecule has 0 rings (SSSR count). The predicted octanol–water partition coefficient (Wildman–Crippen LogP) is 4.33. The van der Waals surface area contributed by atoms with E-state index in [9.17, 15) is 69.5 Å². The van der Waals surface area contributed by atoms with Crippen LogP contribution in [0.1, 0.15) is 26.7 Å². The Morgan fingerprint density at radius 3 is 1.04 bits per heavy atom. The predicted molar refractivity (Wildman–Crippen MR) is 140 cm³/mol. The summed E-state index contributed by atoms with van der Waals surface area (Å²) in [6.07, 6.45) is 0.177.